The van der Waals surface area contributed by atoms with Crippen LogP contribution in [0.3, 0.4) is 0 Å². The van der Waals surface area contributed by atoms with Gasteiger partial charge in [-0.1, -0.05) is 18.7 Å². The molecular weight excluding hydrogens is 328 g/mol. The van der Waals surface area contributed by atoms with Crippen LogP contribution in [0, 0.1) is 11.8 Å². The van der Waals surface area contributed by atoms with E-state index in [0.717, 1.165) is 6.42 Å². The van der Waals surface area contributed by atoms with Crippen molar-refractivity contribution in [3.05, 3.63) is 18.2 Å². The average Bonchev–Trinajstić information content (AvgIpc) is 2.88. The van der Waals surface area contributed by atoms with Crippen molar-refractivity contribution in [3.63, 3.8) is 0 Å². The van der Waals surface area contributed by atoms with Crippen LogP contribution in [0.15, 0.2) is 23.1 Å². The topological polar surface area (TPSA) is 77.3 Å². The van der Waals surface area contributed by atoms with Crippen molar-refractivity contribution in [2.75, 3.05) is 13.1 Å². The molecule has 0 spiro atoms. The molecule has 1 saturated heterocycles. The van der Waals surface area contributed by atoms with E-state index in [1.165, 1.54) is 4.85 Å². The van der Waals surface area contributed by atoms with Gasteiger partial charge in [-0.15, -0.1) is 5.10 Å². The summed E-state index contributed by atoms with van der Waals surface area (Å²) in [5, 5.41) is 7.94. The number of hydrogen-bond acceptors (Lipinski definition) is 5. The highest BCUT2D eigenvalue weighted by molar-refractivity contribution is 7.89. The van der Waals surface area contributed by atoms with Gasteiger partial charge < -0.3 is 4.84 Å². The van der Waals surface area contributed by atoms with Crippen LogP contribution in [0.2, 0.25) is 0 Å². The molecule has 1 aromatic carbocycles. The second-order valence-electron chi connectivity index (χ2n) is 7.04. The van der Waals surface area contributed by atoms with Crippen LogP contribution in [-0.4, -0.2) is 47.1 Å². The molecule has 2 aromatic rings. The van der Waals surface area contributed by atoms with Crippen molar-refractivity contribution in [2.45, 2.75) is 45.1 Å². The first-order valence-corrected chi connectivity index (χ1v) is 9.74. The highest BCUT2D eigenvalue weighted by atomic mass is 32.2. The van der Waals surface area contributed by atoms with Crippen LogP contribution < -0.4 is 4.84 Å². The second-order valence-corrected chi connectivity index (χ2v) is 8.97. The maximum absolute atomic E-state index is 13.0. The van der Waals surface area contributed by atoms with Crippen molar-refractivity contribution in [1.29, 1.82) is 0 Å². The molecule has 8 heteroatoms. The Balaban J connectivity index is 1.98. The Morgan fingerprint density at radius 1 is 1.21 bits per heavy atom. The van der Waals surface area contributed by atoms with Gasteiger partial charge in [0.2, 0.25) is 10.0 Å². The van der Waals surface area contributed by atoms with Crippen molar-refractivity contribution in [3.8, 4) is 0 Å². The van der Waals surface area contributed by atoms with E-state index < -0.39 is 10.0 Å². The summed E-state index contributed by atoms with van der Waals surface area (Å²) in [6.45, 7) is 9.07. The lowest BCUT2D eigenvalue weighted by molar-refractivity contribution is 0.0407. The number of benzene rings is 1. The van der Waals surface area contributed by atoms with Gasteiger partial charge in [-0.25, -0.2) is 8.42 Å². The molecule has 2 unspecified atom stereocenters. The van der Waals surface area contributed by atoms with Gasteiger partial charge in [-0.05, 0) is 55.5 Å². The zero-order chi connectivity index (χ0) is 17.5. The standard InChI is InChI=1S/C16H24N4O3S/c1-11(2)23-20-16-8-14(5-6-15(16)17-18-20)24(21,22)19-9-12(3)7-13(4)10-19/h5-6,8,11-13H,7,9-10H2,1-4H3. The van der Waals surface area contributed by atoms with E-state index in [2.05, 4.69) is 24.2 Å². The fourth-order valence-corrected chi connectivity index (χ4v) is 4.97. The number of aromatic nitrogens is 3. The van der Waals surface area contributed by atoms with Gasteiger partial charge in [-0.3, -0.25) is 0 Å². The van der Waals surface area contributed by atoms with E-state index in [1.54, 1.807) is 22.5 Å². The van der Waals surface area contributed by atoms with Gasteiger partial charge in [-0.2, -0.15) is 4.31 Å². The first-order valence-electron chi connectivity index (χ1n) is 8.30. The average molecular weight is 352 g/mol. The molecule has 132 valence electrons. The number of sulfonamides is 1. The van der Waals surface area contributed by atoms with Crippen LogP contribution in [0.25, 0.3) is 11.0 Å². The first-order chi connectivity index (χ1) is 11.3. The summed E-state index contributed by atoms with van der Waals surface area (Å²) in [5.74, 6) is 0.729. The number of piperidine rings is 1. The smallest absolute Gasteiger partial charge is 0.243 e. The molecule has 1 aliphatic rings. The monoisotopic (exact) mass is 352 g/mol. The molecule has 2 heterocycles. The molecule has 0 N–H and O–H groups in total. The fraction of sp³-hybridized carbons (Fsp3) is 0.625. The summed E-state index contributed by atoms with van der Waals surface area (Å²) in [6, 6.07) is 4.86. The lowest BCUT2D eigenvalue weighted by Gasteiger charge is -2.34. The molecule has 0 saturated carbocycles. The van der Waals surface area contributed by atoms with Gasteiger partial charge in [0.15, 0.2) is 0 Å². The quantitative estimate of drug-likeness (QED) is 0.840. The minimum atomic E-state index is -3.53. The van der Waals surface area contributed by atoms with Crippen LogP contribution >= 0.6 is 0 Å². The van der Waals surface area contributed by atoms with Crippen LogP contribution in [0.5, 0.6) is 0 Å². The molecule has 0 amide bonds. The highest BCUT2D eigenvalue weighted by Crippen LogP contribution is 2.27. The summed E-state index contributed by atoms with van der Waals surface area (Å²) >= 11 is 0. The molecule has 1 aliphatic heterocycles. The minimum Gasteiger partial charge on any atom is -0.392 e. The third-order valence-corrected chi connectivity index (χ3v) is 6.00. The minimum absolute atomic E-state index is 0.0843. The maximum atomic E-state index is 13.0. The predicted molar refractivity (Wildman–Crippen MR) is 90.9 cm³/mol. The van der Waals surface area contributed by atoms with Crippen LogP contribution in [0.1, 0.15) is 34.1 Å². The second kappa shape index (κ2) is 6.33. The van der Waals surface area contributed by atoms with Gasteiger partial charge in [0.05, 0.1) is 4.90 Å². The fourth-order valence-electron chi connectivity index (χ4n) is 3.27. The molecule has 0 radical (unpaired) electrons. The Morgan fingerprint density at radius 3 is 2.50 bits per heavy atom. The number of fused-ring (bicyclic) bond motifs is 1. The summed E-state index contributed by atoms with van der Waals surface area (Å²) in [6.07, 6.45) is 0.975. The zero-order valence-corrected chi connectivity index (χ0v) is 15.3. The molecule has 24 heavy (non-hydrogen) atoms. The van der Waals surface area contributed by atoms with E-state index in [4.69, 9.17) is 4.84 Å². The lowest BCUT2D eigenvalue weighted by atomic mass is 9.94. The molecule has 1 aromatic heterocycles. The van der Waals surface area contributed by atoms with E-state index in [9.17, 15) is 8.42 Å². The normalized spacial score (nSPS) is 23.0. The van der Waals surface area contributed by atoms with Gasteiger partial charge in [0, 0.05) is 13.1 Å². The van der Waals surface area contributed by atoms with Gasteiger partial charge in [0.1, 0.15) is 17.1 Å². The number of rotatable bonds is 4. The molecule has 0 bridgehead atoms. The maximum Gasteiger partial charge on any atom is 0.243 e. The molecule has 1 fully saturated rings. The Hall–Kier alpha value is -1.67. The third kappa shape index (κ3) is 3.25. The first kappa shape index (κ1) is 17.2. The predicted octanol–water partition coefficient (Wildman–Crippen LogP) is 1.93. The van der Waals surface area contributed by atoms with E-state index >= 15 is 0 Å². The Labute approximate surface area is 142 Å². The highest BCUT2D eigenvalue weighted by Gasteiger charge is 2.32. The van der Waals surface area contributed by atoms with E-state index in [1.807, 2.05) is 13.8 Å². The number of hydrogen-bond donors (Lipinski definition) is 0. The molecule has 3 rings (SSSR count). The zero-order valence-electron chi connectivity index (χ0n) is 14.5. The lowest BCUT2D eigenvalue weighted by Crippen LogP contribution is -2.42. The van der Waals surface area contributed by atoms with Gasteiger partial charge >= 0.3 is 0 Å². The van der Waals surface area contributed by atoms with Crippen LogP contribution in [-0.2, 0) is 10.0 Å². The Kier molecular flexibility index (Phi) is 4.52. The number of nitrogens with zero attached hydrogens (tertiary/aromatic N) is 4. The molecular formula is C16H24N4O3S. The Morgan fingerprint density at radius 2 is 1.88 bits per heavy atom. The Bertz CT molecular complexity index is 821. The van der Waals surface area contributed by atoms with E-state index in [-0.39, 0.29) is 11.0 Å². The van der Waals surface area contributed by atoms with Crippen molar-refractivity contribution < 1.29 is 13.3 Å². The SMILES string of the molecule is CC1CC(C)CN(S(=O)(=O)c2ccc3nnn(OC(C)C)c3c2)C1. The molecule has 2 atom stereocenters. The third-order valence-electron chi connectivity index (χ3n) is 4.17. The van der Waals surface area contributed by atoms with Crippen molar-refractivity contribution in [1.82, 2.24) is 19.5 Å². The summed E-state index contributed by atoms with van der Waals surface area (Å²) in [5.41, 5.74) is 1.16. The summed E-state index contributed by atoms with van der Waals surface area (Å²) in [4.78, 5) is 7.10. The molecule has 7 nitrogen and oxygen atoms in total. The van der Waals surface area contributed by atoms with E-state index in [0.29, 0.717) is 36.0 Å². The van der Waals surface area contributed by atoms with Crippen LogP contribution in [0.4, 0.5) is 0 Å². The van der Waals surface area contributed by atoms with Crippen molar-refractivity contribution >= 4 is 21.1 Å². The summed E-state index contributed by atoms with van der Waals surface area (Å²) < 4.78 is 27.6. The van der Waals surface area contributed by atoms with Gasteiger partial charge in [0.25, 0.3) is 0 Å². The summed E-state index contributed by atoms with van der Waals surface area (Å²) in [7, 11) is -3.53. The molecule has 0 aliphatic carbocycles. The largest absolute Gasteiger partial charge is 0.392 e. The van der Waals surface area contributed by atoms with Crippen molar-refractivity contribution in [2.24, 2.45) is 11.8 Å².